The van der Waals surface area contributed by atoms with Crippen LogP contribution in [-0.2, 0) is 6.42 Å². The molecule has 1 aliphatic heterocycles. The summed E-state index contributed by atoms with van der Waals surface area (Å²) in [6.45, 7) is 4.03. The van der Waals surface area contributed by atoms with Crippen LogP contribution in [-0.4, -0.2) is 47.8 Å². The van der Waals surface area contributed by atoms with Gasteiger partial charge in [0.15, 0.2) is 5.96 Å². The summed E-state index contributed by atoms with van der Waals surface area (Å²) >= 11 is 7.95. The van der Waals surface area contributed by atoms with Crippen molar-refractivity contribution in [1.82, 2.24) is 10.6 Å². The molecule has 1 atom stereocenters. The second-order valence-corrected chi connectivity index (χ2v) is 7.00. The van der Waals surface area contributed by atoms with Crippen molar-refractivity contribution in [3.63, 3.8) is 0 Å². The molecule has 122 valence electrons. The molecule has 3 N–H and O–H groups in total. The number of halogens is 1. The fourth-order valence-corrected chi connectivity index (χ4v) is 3.82. The number of hydrogen-bond acceptors (Lipinski definition) is 3. The lowest BCUT2D eigenvalue weighted by Crippen LogP contribution is -2.40. The second kappa shape index (κ2) is 8.65. The van der Waals surface area contributed by atoms with E-state index in [1.807, 2.05) is 31.2 Å². The molecule has 4 nitrogen and oxygen atoms in total. The highest BCUT2D eigenvalue weighted by atomic mass is 35.5. The third kappa shape index (κ3) is 5.38. The maximum atomic E-state index is 10.3. The Morgan fingerprint density at radius 2 is 2.23 bits per heavy atom. The van der Waals surface area contributed by atoms with Gasteiger partial charge in [-0.25, -0.2) is 0 Å². The van der Waals surface area contributed by atoms with Gasteiger partial charge in [-0.3, -0.25) is 4.99 Å². The molecule has 1 saturated heterocycles. The molecule has 0 spiro atoms. The monoisotopic (exact) mass is 341 g/mol. The average molecular weight is 342 g/mol. The van der Waals surface area contributed by atoms with E-state index in [1.165, 1.54) is 0 Å². The van der Waals surface area contributed by atoms with Crippen molar-refractivity contribution in [2.45, 2.75) is 25.4 Å². The van der Waals surface area contributed by atoms with Gasteiger partial charge in [-0.2, -0.15) is 11.8 Å². The van der Waals surface area contributed by atoms with E-state index >= 15 is 0 Å². The van der Waals surface area contributed by atoms with E-state index in [2.05, 4.69) is 15.6 Å². The van der Waals surface area contributed by atoms with Gasteiger partial charge in [0.2, 0.25) is 0 Å². The quantitative estimate of drug-likeness (QED) is 0.549. The maximum Gasteiger partial charge on any atom is 0.191 e. The molecule has 1 heterocycles. The zero-order chi connectivity index (χ0) is 15.8. The highest BCUT2D eigenvalue weighted by Gasteiger charge is 2.31. The van der Waals surface area contributed by atoms with Crippen molar-refractivity contribution in [3.05, 3.63) is 34.9 Å². The molecule has 6 heteroatoms. The Labute approximate surface area is 141 Å². The van der Waals surface area contributed by atoms with Crippen molar-refractivity contribution in [2.75, 3.05) is 31.1 Å². The lowest BCUT2D eigenvalue weighted by Gasteiger charge is -2.19. The van der Waals surface area contributed by atoms with Crippen LogP contribution in [0, 0.1) is 0 Å². The molecule has 1 fully saturated rings. The minimum absolute atomic E-state index is 0.446. The van der Waals surface area contributed by atoms with E-state index in [4.69, 9.17) is 11.6 Å². The van der Waals surface area contributed by atoms with Gasteiger partial charge in [0.1, 0.15) is 0 Å². The number of benzene rings is 1. The smallest absolute Gasteiger partial charge is 0.191 e. The lowest BCUT2D eigenvalue weighted by atomic mass is 10.1. The predicted octanol–water partition coefficient (Wildman–Crippen LogP) is 2.31. The van der Waals surface area contributed by atoms with E-state index in [0.717, 1.165) is 54.0 Å². The highest BCUT2D eigenvalue weighted by molar-refractivity contribution is 7.99. The van der Waals surface area contributed by atoms with Crippen LogP contribution in [0.4, 0.5) is 0 Å². The zero-order valence-corrected chi connectivity index (χ0v) is 14.5. The standard InChI is InChI=1S/C16H24ClN3OS/c1-2-18-15(20-11-16(21)8-10-22-12-16)19-9-7-13-5-3-4-6-14(13)17/h3-6,21H,2,7-12H2,1H3,(H2,18,19,20). The number of rotatable bonds is 6. The summed E-state index contributed by atoms with van der Waals surface area (Å²) < 4.78 is 0. The normalized spacial score (nSPS) is 21.9. The summed E-state index contributed by atoms with van der Waals surface area (Å²) in [5, 5.41) is 17.7. The van der Waals surface area contributed by atoms with Crippen molar-refractivity contribution >= 4 is 29.3 Å². The molecule has 1 aliphatic rings. The van der Waals surface area contributed by atoms with Gasteiger partial charge in [0.05, 0.1) is 12.1 Å². The number of nitrogens with zero attached hydrogens (tertiary/aromatic N) is 1. The molecule has 2 rings (SSSR count). The van der Waals surface area contributed by atoms with Gasteiger partial charge >= 0.3 is 0 Å². The van der Waals surface area contributed by atoms with Crippen molar-refractivity contribution in [1.29, 1.82) is 0 Å². The molecule has 0 amide bonds. The topological polar surface area (TPSA) is 56.7 Å². The first-order valence-corrected chi connectivity index (χ1v) is 9.22. The van der Waals surface area contributed by atoms with E-state index in [1.54, 1.807) is 11.8 Å². The van der Waals surface area contributed by atoms with Gasteiger partial charge < -0.3 is 15.7 Å². The SMILES string of the molecule is CCNC(=NCC1(O)CCSC1)NCCc1ccccc1Cl. The van der Waals surface area contributed by atoms with Crippen LogP contribution in [0.2, 0.25) is 5.02 Å². The summed E-state index contributed by atoms with van der Waals surface area (Å²) in [6.07, 6.45) is 1.66. The highest BCUT2D eigenvalue weighted by Crippen LogP contribution is 2.27. The number of guanidine groups is 1. The van der Waals surface area contributed by atoms with E-state index < -0.39 is 5.60 Å². The first-order valence-electron chi connectivity index (χ1n) is 7.69. The third-order valence-corrected chi connectivity index (χ3v) is 5.21. The van der Waals surface area contributed by atoms with Gasteiger partial charge in [-0.15, -0.1) is 0 Å². The Morgan fingerprint density at radius 1 is 1.41 bits per heavy atom. The molecule has 22 heavy (non-hydrogen) atoms. The van der Waals surface area contributed by atoms with Crippen LogP contribution in [0.1, 0.15) is 18.9 Å². The molecule has 0 bridgehead atoms. The Hall–Kier alpha value is -0.910. The number of hydrogen-bond donors (Lipinski definition) is 3. The van der Waals surface area contributed by atoms with Crippen LogP contribution in [0.15, 0.2) is 29.3 Å². The summed E-state index contributed by atoms with van der Waals surface area (Å²) in [7, 11) is 0. The predicted molar refractivity (Wildman–Crippen MR) is 96.0 cm³/mol. The largest absolute Gasteiger partial charge is 0.387 e. The number of aliphatic hydroxyl groups is 1. The lowest BCUT2D eigenvalue weighted by molar-refractivity contribution is 0.0778. The summed E-state index contributed by atoms with van der Waals surface area (Å²) in [6, 6.07) is 7.87. The molecule has 0 saturated carbocycles. The fraction of sp³-hybridized carbons (Fsp3) is 0.562. The van der Waals surface area contributed by atoms with Gasteiger partial charge in [-0.05, 0) is 37.1 Å². The van der Waals surface area contributed by atoms with Gasteiger partial charge in [0.25, 0.3) is 0 Å². The number of nitrogens with one attached hydrogen (secondary N) is 2. The van der Waals surface area contributed by atoms with E-state index in [0.29, 0.717) is 6.54 Å². The minimum Gasteiger partial charge on any atom is -0.387 e. The number of aliphatic imine (C=N–C) groups is 1. The fourth-order valence-electron chi connectivity index (χ4n) is 2.31. The van der Waals surface area contributed by atoms with Crippen LogP contribution in [0.5, 0.6) is 0 Å². The van der Waals surface area contributed by atoms with Crippen LogP contribution < -0.4 is 10.6 Å². The van der Waals surface area contributed by atoms with Crippen molar-refractivity contribution < 1.29 is 5.11 Å². The first-order chi connectivity index (χ1) is 10.6. The molecule has 0 aliphatic carbocycles. The van der Waals surface area contributed by atoms with Crippen LogP contribution in [0.25, 0.3) is 0 Å². The Bertz CT molecular complexity index is 504. The van der Waals surface area contributed by atoms with E-state index in [9.17, 15) is 5.11 Å². The molecular formula is C16H24ClN3OS. The first kappa shape index (κ1) is 17.4. The molecule has 1 unspecified atom stereocenters. The Kier molecular flexibility index (Phi) is 6.86. The Balaban J connectivity index is 1.84. The molecular weight excluding hydrogens is 318 g/mol. The summed E-state index contributed by atoms with van der Waals surface area (Å²) in [5.41, 5.74) is 0.480. The second-order valence-electron chi connectivity index (χ2n) is 5.49. The summed E-state index contributed by atoms with van der Waals surface area (Å²) in [4.78, 5) is 4.52. The molecule has 1 aromatic rings. The average Bonchev–Trinajstić information content (AvgIpc) is 2.94. The van der Waals surface area contributed by atoms with Crippen molar-refractivity contribution in [3.8, 4) is 0 Å². The summed E-state index contributed by atoms with van der Waals surface area (Å²) in [5.74, 6) is 2.54. The number of thioether (sulfide) groups is 1. The van der Waals surface area contributed by atoms with Crippen LogP contribution >= 0.6 is 23.4 Å². The van der Waals surface area contributed by atoms with Crippen LogP contribution in [0.3, 0.4) is 0 Å². The zero-order valence-electron chi connectivity index (χ0n) is 12.9. The molecule has 0 aromatic heterocycles. The van der Waals surface area contributed by atoms with Gasteiger partial charge in [-0.1, -0.05) is 29.8 Å². The molecule has 0 radical (unpaired) electrons. The van der Waals surface area contributed by atoms with Crippen molar-refractivity contribution in [2.24, 2.45) is 4.99 Å². The molecule has 1 aromatic carbocycles. The minimum atomic E-state index is -0.643. The Morgan fingerprint density at radius 3 is 2.91 bits per heavy atom. The van der Waals surface area contributed by atoms with Gasteiger partial charge in [0, 0.05) is 23.9 Å². The maximum absolute atomic E-state index is 10.3. The van der Waals surface area contributed by atoms with E-state index in [-0.39, 0.29) is 0 Å². The third-order valence-electron chi connectivity index (χ3n) is 3.60.